The number of anilines is 1. The van der Waals surface area contributed by atoms with Crippen LogP contribution in [0.2, 0.25) is 0 Å². The van der Waals surface area contributed by atoms with Crippen LogP contribution in [0.15, 0.2) is 41.8 Å². The molecule has 204 valence electrons. The number of halogens is 1. The zero-order valence-electron chi connectivity index (χ0n) is 22.5. The molecule has 0 spiro atoms. The quantitative estimate of drug-likeness (QED) is 0.309. The van der Waals surface area contributed by atoms with Crippen LogP contribution in [-0.2, 0) is 17.6 Å². The van der Waals surface area contributed by atoms with Crippen molar-refractivity contribution in [1.29, 1.82) is 0 Å². The highest BCUT2D eigenvalue weighted by molar-refractivity contribution is 7.10. The van der Waals surface area contributed by atoms with Gasteiger partial charge in [0.2, 0.25) is 5.91 Å². The van der Waals surface area contributed by atoms with E-state index in [1.165, 1.54) is 44.2 Å². The number of nitrogens with zero attached hydrogens (tertiary/aromatic N) is 6. The second-order valence-corrected chi connectivity index (χ2v) is 11.9. The van der Waals surface area contributed by atoms with Crippen LogP contribution in [-0.4, -0.2) is 56.7 Å². The maximum atomic E-state index is 13.7. The van der Waals surface area contributed by atoms with Crippen LogP contribution in [0, 0.1) is 18.7 Å². The molecule has 2 aliphatic rings. The van der Waals surface area contributed by atoms with Crippen molar-refractivity contribution in [3.05, 3.63) is 64.0 Å². The summed E-state index contributed by atoms with van der Waals surface area (Å²) in [7, 11) is 0. The van der Waals surface area contributed by atoms with Crippen molar-refractivity contribution in [3.63, 3.8) is 0 Å². The molecule has 6 rings (SSSR count). The summed E-state index contributed by atoms with van der Waals surface area (Å²) in [5.74, 6) is 2.27. The summed E-state index contributed by atoms with van der Waals surface area (Å²) >= 11 is 1.63. The Morgan fingerprint density at radius 2 is 1.82 bits per heavy atom. The zero-order chi connectivity index (χ0) is 26.8. The number of thiophene rings is 1. The third-order valence-corrected chi connectivity index (χ3v) is 8.93. The summed E-state index contributed by atoms with van der Waals surface area (Å²) in [4.78, 5) is 28.7. The summed E-state index contributed by atoms with van der Waals surface area (Å²) in [5, 5.41) is 7.80. The lowest BCUT2D eigenvalue weighted by atomic mass is 9.87. The first kappa shape index (κ1) is 25.9. The molecule has 2 fully saturated rings. The molecule has 1 amide bonds. The average molecular weight is 547 g/mol. The van der Waals surface area contributed by atoms with Crippen LogP contribution in [0.1, 0.15) is 54.9 Å². The second-order valence-electron chi connectivity index (χ2n) is 10.8. The van der Waals surface area contributed by atoms with Gasteiger partial charge in [-0.15, -0.1) is 11.3 Å². The molecule has 3 aromatic heterocycles. The Morgan fingerprint density at radius 1 is 1.00 bits per heavy atom. The van der Waals surface area contributed by atoms with E-state index in [2.05, 4.69) is 4.90 Å². The van der Waals surface area contributed by atoms with Crippen LogP contribution >= 0.6 is 11.3 Å². The number of aryl methyl sites for hydroxylation is 1. The van der Waals surface area contributed by atoms with Crippen molar-refractivity contribution in [2.24, 2.45) is 5.92 Å². The summed E-state index contributed by atoms with van der Waals surface area (Å²) in [6, 6.07) is 10.4. The van der Waals surface area contributed by atoms with Crippen LogP contribution in [0.25, 0.3) is 16.7 Å². The largest absolute Gasteiger partial charge is 0.354 e. The normalized spacial score (nSPS) is 17.1. The summed E-state index contributed by atoms with van der Waals surface area (Å²) in [6.07, 6.45) is 8.50. The van der Waals surface area contributed by atoms with E-state index in [1.807, 2.05) is 34.0 Å². The van der Waals surface area contributed by atoms with Crippen molar-refractivity contribution < 1.29 is 9.18 Å². The van der Waals surface area contributed by atoms with Crippen LogP contribution in [0.4, 0.5) is 10.2 Å². The van der Waals surface area contributed by atoms with Crippen LogP contribution < -0.4 is 4.90 Å². The predicted molar refractivity (Wildman–Crippen MR) is 153 cm³/mol. The van der Waals surface area contributed by atoms with Crippen LogP contribution in [0.5, 0.6) is 0 Å². The van der Waals surface area contributed by atoms with Gasteiger partial charge in [0.25, 0.3) is 0 Å². The number of amides is 1. The van der Waals surface area contributed by atoms with Gasteiger partial charge >= 0.3 is 0 Å². The fourth-order valence-electron chi connectivity index (χ4n) is 5.99. The molecule has 4 heterocycles. The molecule has 1 saturated heterocycles. The summed E-state index contributed by atoms with van der Waals surface area (Å²) in [5.41, 5.74) is 2.40. The first-order valence-electron chi connectivity index (χ1n) is 14.1. The van der Waals surface area contributed by atoms with Gasteiger partial charge in [0.1, 0.15) is 17.5 Å². The molecule has 4 aromatic rings. The Bertz CT molecular complexity index is 1430. The monoisotopic (exact) mass is 546 g/mol. The van der Waals surface area contributed by atoms with E-state index in [4.69, 9.17) is 15.1 Å². The van der Waals surface area contributed by atoms with E-state index in [0.717, 1.165) is 64.9 Å². The number of hydrogen-bond acceptors (Lipinski definition) is 6. The lowest BCUT2D eigenvalue weighted by Crippen LogP contribution is -2.36. The van der Waals surface area contributed by atoms with Gasteiger partial charge in [-0.1, -0.05) is 38.2 Å². The number of fused-ring (bicyclic) bond motifs is 1. The lowest BCUT2D eigenvalue weighted by molar-refractivity contribution is -0.130. The van der Waals surface area contributed by atoms with Gasteiger partial charge in [0.05, 0.1) is 23.2 Å². The first-order chi connectivity index (χ1) is 19.0. The van der Waals surface area contributed by atoms with Gasteiger partial charge in [-0.2, -0.15) is 5.10 Å². The smallest absolute Gasteiger partial charge is 0.227 e. The van der Waals surface area contributed by atoms with Gasteiger partial charge in [-0.05, 0) is 55.0 Å². The second kappa shape index (κ2) is 11.4. The third kappa shape index (κ3) is 5.69. The molecule has 7 nitrogen and oxygen atoms in total. The molecule has 39 heavy (non-hydrogen) atoms. The Balaban J connectivity index is 1.33. The minimum Gasteiger partial charge on any atom is -0.354 e. The molecule has 9 heteroatoms. The standard InChI is InChI=1S/C30H35FN6OS/c1-21-28-29(36-15-6-14-35(16-17-36)27(38)20-25-9-5-18-39-25)32-26(19-22-7-3-2-4-8-22)33-30(28)37(34-21)24-12-10-23(31)11-13-24/h5,9-13,18,22H,2-4,6-8,14-17,19-20H2,1H3. The Kier molecular flexibility index (Phi) is 7.59. The number of hydrogen-bond donors (Lipinski definition) is 0. The maximum absolute atomic E-state index is 13.7. The van der Waals surface area contributed by atoms with E-state index < -0.39 is 0 Å². The highest BCUT2D eigenvalue weighted by Gasteiger charge is 2.26. The van der Waals surface area contributed by atoms with Gasteiger partial charge in [0.15, 0.2) is 5.65 Å². The predicted octanol–water partition coefficient (Wildman–Crippen LogP) is 5.73. The minimum atomic E-state index is -0.275. The molecular weight excluding hydrogens is 511 g/mol. The van der Waals surface area contributed by atoms with Gasteiger partial charge in [-0.3, -0.25) is 4.79 Å². The van der Waals surface area contributed by atoms with Crippen molar-refractivity contribution in [1.82, 2.24) is 24.6 Å². The molecule has 0 unspecified atom stereocenters. The van der Waals surface area contributed by atoms with Gasteiger partial charge < -0.3 is 9.80 Å². The number of benzene rings is 1. The summed E-state index contributed by atoms with van der Waals surface area (Å²) < 4.78 is 15.5. The van der Waals surface area contributed by atoms with E-state index in [9.17, 15) is 9.18 Å². The topological polar surface area (TPSA) is 67.2 Å². The molecule has 1 aromatic carbocycles. The summed E-state index contributed by atoms with van der Waals surface area (Å²) in [6.45, 7) is 4.94. The Hall–Kier alpha value is -3.33. The van der Waals surface area contributed by atoms with Crippen LogP contribution in [0.3, 0.4) is 0 Å². The molecule has 0 atom stereocenters. The van der Waals surface area contributed by atoms with E-state index in [-0.39, 0.29) is 11.7 Å². The van der Waals surface area contributed by atoms with E-state index >= 15 is 0 Å². The molecule has 1 saturated carbocycles. The van der Waals surface area contributed by atoms with Crippen molar-refractivity contribution >= 4 is 34.1 Å². The molecule has 0 bridgehead atoms. The fourth-order valence-corrected chi connectivity index (χ4v) is 6.69. The van der Waals surface area contributed by atoms with Crippen molar-refractivity contribution in [3.8, 4) is 5.69 Å². The molecule has 1 aliphatic carbocycles. The first-order valence-corrected chi connectivity index (χ1v) is 15.0. The fraction of sp³-hybridized carbons (Fsp3) is 0.467. The molecule has 0 radical (unpaired) electrons. The van der Waals surface area contributed by atoms with E-state index in [1.54, 1.807) is 23.5 Å². The molecule has 1 aliphatic heterocycles. The number of carbonyl (C=O) groups is 1. The van der Waals surface area contributed by atoms with E-state index in [0.29, 0.717) is 25.4 Å². The number of rotatable bonds is 6. The van der Waals surface area contributed by atoms with Crippen molar-refractivity contribution in [2.45, 2.75) is 58.3 Å². The SMILES string of the molecule is Cc1nn(-c2ccc(F)cc2)c2nc(CC3CCCCC3)nc(N3CCCN(C(=O)Cc4cccs4)CC3)c12. The number of carbonyl (C=O) groups excluding carboxylic acids is 1. The highest BCUT2D eigenvalue weighted by atomic mass is 32.1. The average Bonchev–Trinajstić information content (AvgIpc) is 3.49. The lowest BCUT2D eigenvalue weighted by Gasteiger charge is -2.25. The van der Waals surface area contributed by atoms with Gasteiger partial charge in [0, 0.05) is 37.5 Å². The molecule has 0 N–H and O–H groups in total. The zero-order valence-corrected chi connectivity index (χ0v) is 23.3. The Morgan fingerprint density at radius 3 is 2.59 bits per heavy atom. The highest BCUT2D eigenvalue weighted by Crippen LogP contribution is 2.32. The molecular formula is C30H35FN6OS. The van der Waals surface area contributed by atoms with Gasteiger partial charge in [-0.25, -0.2) is 19.0 Å². The minimum absolute atomic E-state index is 0.186. The van der Waals surface area contributed by atoms with Crippen molar-refractivity contribution in [2.75, 3.05) is 31.1 Å². The third-order valence-electron chi connectivity index (χ3n) is 8.05. The Labute approximate surface area is 232 Å². The maximum Gasteiger partial charge on any atom is 0.227 e. The number of aromatic nitrogens is 4.